The molecule has 15 heteroatoms. The first kappa shape index (κ1) is 31.9. The lowest BCUT2D eigenvalue weighted by Gasteiger charge is -2.14. The summed E-state index contributed by atoms with van der Waals surface area (Å²) in [6.07, 6.45) is -0.539. The summed E-state index contributed by atoms with van der Waals surface area (Å²) in [5, 5.41) is 13.2. The number of aromatic nitrogens is 4. The Morgan fingerprint density at radius 2 is 1.65 bits per heavy atom. The van der Waals surface area contributed by atoms with Crippen molar-refractivity contribution in [2.75, 3.05) is 13.6 Å². The van der Waals surface area contributed by atoms with E-state index in [-0.39, 0.29) is 17.0 Å². The number of aromatic amines is 1. The standard InChI is InChI=1S/C20H21F4N3O.C5H3F3N2O2/c1-3-4-5-7-27(2)8-6-14-9-17(18(21)10-15(14)13-28)19-25-11-16(12-26-19)20(22,23)24;6-5(7,8)3-2(11)1-9-10-4(3)12/h6,8-13H,3-5,7H2,1-2H3;1H,(H2,10,11,12)/b8-6-;. The molecule has 0 saturated carbocycles. The molecule has 0 fully saturated rings. The Balaban J connectivity index is 0.000000389. The van der Waals surface area contributed by atoms with E-state index < -0.39 is 40.6 Å². The highest BCUT2D eigenvalue weighted by atomic mass is 19.4. The fourth-order valence-corrected chi connectivity index (χ4v) is 3.19. The summed E-state index contributed by atoms with van der Waals surface area (Å²) >= 11 is 0. The molecule has 0 spiro atoms. The van der Waals surface area contributed by atoms with Crippen molar-refractivity contribution in [3.05, 3.63) is 75.3 Å². The number of carbonyl (C=O) groups excluding carboxylic acids is 1. The van der Waals surface area contributed by atoms with Crippen LogP contribution in [0, 0.1) is 5.82 Å². The molecule has 0 bridgehead atoms. The summed E-state index contributed by atoms with van der Waals surface area (Å²) < 4.78 is 88.0. The average molecular weight is 575 g/mol. The van der Waals surface area contributed by atoms with Crippen molar-refractivity contribution in [1.29, 1.82) is 0 Å². The number of rotatable bonds is 8. The normalized spacial score (nSPS) is 11.7. The van der Waals surface area contributed by atoms with E-state index in [9.17, 15) is 40.3 Å². The van der Waals surface area contributed by atoms with E-state index in [1.54, 1.807) is 17.4 Å². The molecule has 1 aromatic carbocycles. The van der Waals surface area contributed by atoms with Gasteiger partial charge in [0.1, 0.15) is 5.82 Å². The zero-order valence-corrected chi connectivity index (χ0v) is 21.1. The molecule has 0 aliphatic rings. The lowest BCUT2D eigenvalue weighted by molar-refractivity contribution is -0.140. The Labute approximate surface area is 223 Å². The molecule has 216 valence electrons. The highest BCUT2D eigenvalue weighted by molar-refractivity contribution is 5.84. The molecule has 0 saturated heterocycles. The van der Waals surface area contributed by atoms with Gasteiger partial charge in [-0.3, -0.25) is 9.59 Å². The Morgan fingerprint density at radius 1 is 1.00 bits per heavy atom. The van der Waals surface area contributed by atoms with Gasteiger partial charge in [-0.15, -0.1) is 0 Å². The topological polar surface area (TPSA) is 112 Å². The van der Waals surface area contributed by atoms with Crippen molar-refractivity contribution in [3.63, 3.8) is 0 Å². The van der Waals surface area contributed by atoms with Crippen LogP contribution >= 0.6 is 0 Å². The first-order valence-electron chi connectivity index (χ1n) is 11.6. The van der Waals surface area contributed by atoms with E-state index in [1.807, 2.05) is 11.9 Å². The van der Waals surface area contributed by atoms with Crippen LogP contribution in [0.4, 0.5) is 30.7 Å². The number of halogens is 7. The van der Waals surface area contributed by atoms with Crippen molar-refractivity contribution >= 4 is 12.4 Å². The van der Waals surface area contributed by atoms with Crippen LogP contribution in [0.25, 0.3) is 17.5 Å². The summed E-state index contributed by atoms with van der Waals surface area (Å²) in [6, 6.07) is 2.39. The molecule has 3 aromatic rings. The summed E-state index contributed by atoms with van der Waals surface area (Å²) in [6.45, 7) is 2.94. The Hall–Kier alpha value is -4.30. The molecule has 3 rings (SSSR count). The zero-order chi connectivity index (χ0) is 30.1. The Bertz CT molecular complexity index is 1370. The van der Waals surface area contributed by atoms with Crippen LogP contribution in [0.2, 0.25) is 0 Å². The number of aromatic hydroxyl groups is 1. The summed E-state index contributed by atoms with van der Waals surface area (Å²) in [7, 11) is 1.89. The number of unbranched alkanes of at least 4 members (excludes halogenated alkanes) is 2. The van der Waals surface area contributed by atoms with Gasteiger partial charge in [0.15, 0.2) is 23.4 Å². The second-order valence-corrected chi connectivity index (χ2v) is 8.33. The maximum Gasteiger partial charge on any atom is 0.425 e. The van der Waals surface area contributed by atoms with Crippen LogP contribution in [0.1, 0.15) is 53.2 Å². The van der Waals surface area contributed by atoms with E-state index in [0.29, 0.717) is 30.4 Å². The smallest absolute Gasteiger partial charge is 0.425 e. The highest BCUT2D eigenvalue weighted by Crippen LogP contribution is 2.32. The molecular weight excluding hydrogens is 551 g/mol. The monoisotopic (exact) mass is 575 g/mol. The highest BCUT2D eigenvalue weighted by Gasteiger charge is 2.37. The second-order valence-electron chi connectivity index (χ2n) is 8.33. The fraction of sp³-hybridized carbons (Fsp3) is 0.320. The third-order valence-electron chi connectivity index (χ3n) is 5.26. The maximum atomic E-state index is 14.3. The number of H-pyrrole nitrogens is 1. The van der Waals surface area contributed by atoms with Gasteiger partial charge in [0.2, 0.25) is 0 Å². The minimum absolute atomic E-state index is 0.0763. The first-order chi connectivity index (χ1) is 18.7. The SMILES string of the molecule is CCCCCN(C)/C=C\c1cc(-c2ncc(C(F)(F)F)cn2)c(F)cc1C=O.O=c1[nH]ncc(O)c1C(F)(F)F. The largest absolute Gasteiger partial charge is 0.505 e. The lowest BCUT2D eigenvalue weighted by Crippen LogP contribution is -2.22. The fourth-order valence-electron chi connectivity index (χ4n) is 3.19. The molecule has 2 heterocycles. The molecule has 0 aliphatic heterocycles. The Kier molecular flexibility index (Phi) is 10.9. The van der Waals surface area contributed by atoms with E-state index in [0.717, 1.165) is 31.9 Å². The van der Waals surface area contributed by atoms with E-state index >= 15 is 0 Å². The van der Waals surface area contributed by atoms with Gasteiger partial charge in [-0.05, 0) is 36.4 Å². The maximum absolute atomic E-state index is 14.3. The number of alkyl halides is 6. The van der Waals surface area contributed by atoms with Crippen LogP contribution in [0.3, 0.4) is 0 Å². The van der Waals surface area contributed by atoms with Crippen molar-refractivity contribution in [1.82, 2.24) is 25.1 Å². The van der Waals surface area contributed by atoms with Gasteiger partial charge in [-0.2, -0.15) is 31.4 Å². The van der Waals surface area contributed by atoms with E-state index in [4.69, 9.17) is 5.11 Å². The van der Waals surface area contributed by atoms with Gasteiger partial charge < -0.3 is 10.0 Å². The second kappa shape index (κ2) is 13.7. The number of carbonyl (C=O) groups is 1. The quantitative estimate of drug-likeness (QED) is 0.201. The molecule has 40 heavy (non-hydrogen) atoms. The molecule has 0 radical (unpaired) electrons. The molecule has 8 nitrogen and oxygen atoms in total. The van der Waals surface area contributed by atoms with Crippen molar-refractivity contribution < 1.29 is 40.6 Å². The van der Waals surface area contributed by atoms with Gasteiger partial charge in [0.05, 0.1) is 17.3 Å². The number of hydrogen-bond donors (Lipinski definition) is 2. The third kappa shape index (κ3) is 8.88. The predicted octanol–water partition coefficient (Wildman–Crippen LogP) is 5.70. The van der Waals surface area contributed by atoms with Crippen LogP contribution in [-0.4, -0.2) is 50.1 Å². The molecule has 0 atom stereocenters. The lowest BCUT2D eigenvalue weighted by atomic mass is 10.0. The van der Waals surface area contributed by atoms with Gasteiger partial charge in [0.25, 0.3) is 5.56 Å². The van der Waals surface area contributed by atoms with Gasteiger partial charge in [0, 0.05) is 31.5 Å². The van der Waals surface area contributed by atoms with E-state index in [2.05, 4.69) is 22.0 Å². The van der Waals surface area contributed by atoms with Crippen LogP contribution < -0.4 is 5.56 Å². The molecule has 0 aliphatic carbocycles. The first-order valence-corrected chi connectivity index (χ1v) is 11.6. The number of aldehydes is 1. The number of benzene rings is 1. The van der Waals surface area contributed by atoms with Gasteiger partial charge >= 0.3 is 12.4 Å². The zero-order valence-electron chi connectivity index (χ0n) is 21.1. The van der Waals surface area contributed by atoms with Crippen LogP contribution in [0.5, 0.6) is 5.75 Å². The molecule has 2 aromatic heterocycles. The molecule has 0 amide bonds. The molecule has 0 unspecified atom stereocenters. The number of nitrogens with one attached hydrogen (secondary N) is 1. The summed E-state index contributed by atoms with van der Waals surface area (Å²) in [5.74, 6) is -2.14. The third-order valence-corrected chi connectivity index (χ3v) is 5.26. The molecular formula is C25H24F7N5O3. The van der Waals surface area contributed by atoms with E-state index in [1.165, 1.54) is 6.07 Å². The van der Waals surface area contributed by atoms with Crippen LogP contribution in [0.15, 0.2) is 41.7 Å². The van der Waals surface area contributed by atoms with Gasteiger partial charge in [-0.25, -0.2) is 19.5 Å². The predicted molar refractivity (Wildman–Crippen MR) is 131 cm³/mol. The molecule has 2 N–H and O–H groups in total. The van der Waals surface area contributed by atoms with Crippen LogP contribution in [-0.2, 0) is 12.4 Å². The minimum atomic E-state index is -4.86. The van der Waals surface area contributed by atoms with Crippen molar-refractivity contribution in [3.8, 4) is 17.1 Å². The summed E-state index contributed by atoms with van der Waals surface area (Å²) in [5.41, 5.74) is -3.62. The minimum Gasteiger partial charge on any atom is -0.505 e. The number of hydrogen-bond acceptors (Lipinski definition) is 7. The Morgan fingerprint density at radius 3 is 2.15 bits per heavy atom. The summed E-state index contributed by atoms with van der Waals surface area (Å²) in [4.78, 5) is 31.0. The number of nitrogens with zero attached hydrogens (tertiary/aromatic N) is 4. The van der Waals surface area contributed by atoms with Crippen molar-refractivity contribution in [2.45, 2.75) is 38.5 Å². The van der Waals surface area contributed by atoms with Crippen molar-refractivity contribution in [2.24, 2.45) is 0 Å². The average Bonchev–Trinajstić information content (AvgIpc) is 2.87. The van der Waals surface area contributed by atoms with Gasteiger partial charge in [-0.1, -0.05) is 19.8 Å².